The van der Waals surface area contributed by atoms with E-state index in [-0.39, 0.29) is 24.2 Å². The number of halogens is 1. The zero-order chi connectivity index (χ0) is 18.1. The third-order valence-corrected chi connectivity index (χ3v) is 3.80. The number of anilines is 1. The van der Waals surface area contributed by atoms with Crippen LogP contribution in [-0.4, -0.2) is 31.4 Å². The van der Waals surface area contributed by atoms with Crippen LogP contribution in [0.3, 0.4) is 0 Å². The lowest BCUT2D eigenvalue weighted by Gasteiger charge is -2.11. The van der Waals surface area contributed by atoms with E-state index in [4.69, 9.17) is 0 Å². The van der Waals surface area contributed by atoms with Gasteiger partial charge in [0.1, 0.15) is 0 Å². The Labute approximate surface area is 161 Å². The highest BCUT2D eigenvalue weighted by Gasteiger charge is 2.11. The van der Waals surface area contributed by atoms with E-state index in [9.17, 15) is 9.59 Å². The molecule has 0 aliphatic heterocycles. The summed E-state index contributed by atoms with van der Waals surface area (Å²) in [6.45, 7) is 6.25. The molecule has 26 heavy (non-hydrogen) atoms. The summed E-state index contributed by atoms with van der Waals surface area (Å²) in [5.41, 5.74) is 2.67. The van der Waals surface area contributed by atoms with Gasteiger partial charge in [0.05, 0.1) is 0 Å². The average molecular weight is 376 g/mol. The van der Waals surface area contributed by atoms with E-state index in [0.29, 0.717) is 23.4 Å². The number of hydrogen-bond donors (Lipinski definition) is 3. The van der Waals surface area contributed by atoms with Gasteiger partial charge in [0.2, 0.25) is 0 Å². The summed E-state index contributed by atoms with van der Waals surface area (Å²) in [6, 6.07) is 14.3. The summed E-state index contributed by atoms with van der Waals surface area (Å²) in [5, 5.41) is 8.98. The van der Waals surface area contributed by atoms with Gasteiger partial charge in [-0.15, -0.1) is 12.4 Å². The summed E-state index contributed by atoms with van der Waals surface area (Å²) in [4.78, 5) is 24.5. The van der Waals surface area contributed by atoms with Crippen molar-refractivity contribution in [1.82, 2.24) is 10.6 Å². The fraction of sp³-hybridized carbons (Fsp3) is 0.300. The topological polar surface area (TPSA) is 70.2 Å². The van der Waals surface area contributed by atoms with E-state index in [1.807, 2.05) is 31.2 Å². The average Bonchev–Trinajstić information content (AvgIpc) is 2.64. The Morgan fingerprint density at radius 2 is 1.62 bits per heavy atom. The number of benzene rings is 2. The molecule has 2 aromatic rings. The van der Waals surface area contributed by atoms with Crippen LogP contribution in [-0.2, 0) is 0 Å². The van der Waals surface area contributed by atoms with Crippen LogP contribution in [0.5, 0.6) is 0 Å². The van der Waals surface area contributed by atoms with Gasteiger partial charge in [0, 0.05) is 29.9 Å². The van der Waals surface area contributed by atoms with Crippen molar-refractivity contribution >= 4 is 29.9 Å². The molecule has 2 rings (SSSR count). The lowest BCUT2D eigenvalue weighted by atomic mass is 10.1. The van der Waals surface area contributed by atoms with Crippen molar-refractivity contribution in [3.05, 3.63) is 65.2 Å². The highest BCUT2D eigenvalue weighted by atomic mass is 35.5. The third kappa shape index (κ3) is 6.50. The molecule has 0 unspecified atom stereocenters. The Morgan fingerprint density at radius 1 is 0.885 bits per heavy atom. The fourth-order valence-corrected chi connectivity index (χ4v) is 2.35. The third-order valence-electron chi connectivity index (χ3n) is 3.80. The second-order valence-electron chi connectivity index (χ2n) is 5.86. The molecule has 0 aromatic heterocycles. The van der Waals surface area contributed by atoms with Crippen molar-refractivity contribution in [3.63, 3.8) is 0 Å². The maximum Gasteiger partial charge on any atom is 0.255 e. The Bertz CT molecular complexity index is 720. The standard InChI is InChI=1S/C20H25N3O2.ClH/c1-3-11-21-12-13-22-19(24)17-10-9-15(2)18(14-17)23-20(25)16-7-5-4-6-8-16;/h4-10,14,21H,3,11-13H2,1-2H3,(H,22,24)(H,23,25);1H. The van der Waals surface area contributed by atoms with Crippen LogP contribution >= 0.6 is 12.4 Å². The largest absolute Gasteiger partial charge is 0.351 e. The highest BCUT2D eigenvalue weighted by Crippen LogP contribution is 2.18. The quantitative estimate of drug-likeness (QED) is 0.619. The van der Waals surface area contributed by atoms with Gasteiger partial charge in [-0.3, -0.25) is 9.59 Å². The summed E-state index contributed by atoms with van der Waals surface area (Å²) < 4.78 is 0. The van der Waals surface area contributed by atoms with Crippen LogP contribution < -0.4 is 16.0 Å². The van der Waals surface area contributed by atoms with Crippen LogP contribution in [0.4, 0.5) is 5.69 Å². The van der Waals surface area contributed by atoms with E-state index >= 15 is 0 Å². The number of rotatable bonds is 8. The summed E-state index contributed by atoms with van der Waals surface area (Å²) in [7, 11) is 0. The van der Waals surface area contributed by atoms with Crippen LogP contribution in [0.25, 0.3) is 0 Å². The number of carbonyl (C=O) groups is 2. The molecule has 140 valence electrons. The first-order valence-electron chi connectivity index (χ1n) is 8.57. The number of carbonyl (C=O) groups excluding carboxylic acids is 2. The molecular formula is C20H26ClN3O2. The van der Waals surface area contributed by atoms with Crippen LogP contribution in [0.2, 0.25) is 0 Å². The molecule has 0 fully saturated rings. The molecule has 5 nitrogen and oxygen atoms in total. The molecule has 0 heterocycles. The molecule has 0 bridgehead atoms. The van der Waals surface area contributed by atoms with Crippen LogP contribution in [0.1, 0.15) is 39.6 Å². The van der Waals surface area contributed by atoms with E-state index in [1.165, 1.54) is 0 Å². The molecule has 0 saturated carbocycles. The van der Waals surface area contributed by atoms with Crippen molar-refractivity contribution in [2.45, 2.75) is 20.3 Å². The first-order chi connectivity index (χ1) is 12.1. The maximum absolute atomic E-state index is 12.3. The van der Waals surface area contributed by atoms with Gasteiger partial charge in [-0.2, -0.15) is 0 Å². The predicted molar refractivity (Wildman–Crippen MR) is 108 cm³/mol. The first kappa shape index (κ1) is 21.7. The lowest BCUT2D eigenvalue weighted by Crippen LogP contribution is -2.32. The van der Waals surface area contributed by atoms with Crippen molar-refractivity contribution in [2.24, 2.45) is 0 Å². The minimum atomic E-state index is -0.190. The van der Waals surface area contributed by atoms with E-state index in [0.717, 1.165) is 25.1 Å². The van der Waals surface area contributed by atoms with Crippen molar-refractivity contribution in [1.29, 1.82) is 0 Å². The van der Waals surface area contributed by atoms with Gasteiger partial charge in [-0.1, -0.05) is 31.2 Å². The Kier molecular flexibility index (Phi) is 9.41. The zero-order valence-corrected chi connectivity index (χ0v) is 16.0. The first-order valence-corrected chi connectivity index (χ1v) is 8.57. The van der Waals surface area contributed by atoms with Gasteiger partial charge in [0.15, 0.2) is 0 Å². The molecule has 6 heteroatoms. The Balaban J connectivity index is 0.00000338. The normalized spacial score (nSPS) is 9.92. The fourth-order valence-electron chi connectivity index (χ4n) is 2.35. The highest BCUT2D eigenvalue weighted by molar-refractivity contribution is 6.05. The monoisotopic (exact) mass is 375 g/mol. The summed E-state index contributed by atoms with van der Waals surface area (Å²) in [5.74, 6) is -0.335. The SMILES string of the molecule is CCCNCCNC(=O)c1ccc(C)c(NC(=O)c2ccccc2)c1.Cl. The molecule has 3 N–H and O–H groups in total. The molecule has 2 aromatic carbocycles. The zero-order valence-electron chi connectivity index (χ0n) is 15.2. The van der Waals surface area contributed by atoms with Crippen LogP contribution in [0, 0.1) is 6.92 Å². The van der Waals surface area contributed by atoms with Gasteiger partial charge >= 0.3 is 0 Å². The maximum atomic E-state index is 12.3. The minimum absolute atomic E-state index is 0. The summed E-state index contributed by atoms with van der Waals surface area (Å²) >= 11 is 0. The van der Waals surface area contributed by atoms with Crippen molar-refractivity contribution in [2.75, 3.05) is 25.0 Å². The Morgan fingerprint density at radius 3 is 2.31 bits per heavy atom. The molecule has 2 amide bonds. The second-order valence-corrected chi connectivity index (χ2v) is 5.86. The van der Waals surface area contributed by atoms with Gasteiger partial charge in [0.25, 0.3) is 11.8 Å². The van der Waals surface area contributed by atoms with Crippen molar-refractivity contribution < 1.29 is 9.59 Å². The minimum Gasteiger partial charge on any atom is -0.351 e. The van der Waals surface area contributed by atoms with Crippen LogP contribution in [0.15, 0.2) is 48.5 Å². The molecule has 0 aliphatic carbocycles. The smallest absolute Gasteiger partial charge is 0.255 e. The van der Waals surface area contributed by atoms with Gasteiger partial charge in [-0.25, -0.2) is 0 Å². The van der Waals surface area contributed by atoms with Gasteiger partial charge in [-0.05, 0) is 49.7 Å². The van der Waals surface area contributed by atoms with E-state index in [2.05, 4.69) is 22.9 Å². The Hall–Kier alpha value is -2.37. The number of hydrogen-bond acceptors (Lipinski definition) is 3. The van der Waals surface area contributed by atoms with E-state index < -0.39 is 0 Å². The van der Waals surface area contributed by atoms with E-state index in [1.54, 1.807) is 24.3 Å². The molecule has 0 atom stereocenters. The molecule has 0 saturated heterocycles. The predicted octanol–water partition coefficient (Wildman–Crippen LogP) is 3.40. The molecular weight excluding hydrogens is 350 g/mol. The molecule has 0 aliphatic rings. The van der Waals surface area contributed by atoms with Gasteiger partial charge < -0.3 is 16.0 Å². The summed E-state index contributed by atoms with van der Waals surface area (Å²) in [6.07, 6.45) is 1.07. The van der Waals surface area contributed by atoms with Crippen molar-refractivity contribution in [3.8, 4) is 0 Å². The number of aryl methyl sites for hydroxylation is 1. The number of nitrogens with one attached hydrogen (secondary N) is 3. The second kappa shape index (κ2) is 11.3. The lowest BCUT2D eigenvalue weighted by molar-refractivity contribution is 0.0952. The molecule has 0 radical (unpaired) electrons. The molecule has 0 spiro atoms. The number of amides is 2.